The average molecular weight is 378 g/mol. The molecule has 0 spiro atoms. The standard InChI is InChI=1S/C18H20BrNO3/c1-3-13-9-10-15(14(19)11-13)20-18(21)12-23-17-8-6-5-7-16(17)22-4-2/h5-11H,3-4,12H2,1-2H3,(H,20,21). The molecule has 1 N–H and O–H groups in total. The molecule has 1 amide bonds. The van der Waals surface area contributed by atoms with E-state index in [9.17, 15) is 4.79 Å². The van der Waals surface area contributed by atoms with Crippen molar-refractivity contribution in [3.8, 4) is 11.5 Å². The van der Waals surface area contributed by atoms with Crippen molar-refractivity contribution >= 4 is 27.5 Å². The lowest BCUT2D eigenvalue weighted by atomic mass is 10.1. The summed E-state index contributed by atoms with van der Waals surface area (Å²) in [7, 11) is 0. The molecule has 0 fully saturated rings. The van der Waals surface area contributed by atoms with E-state index in [2.05, 4.69) is 28.2 Å². The van der Waals surface area contributed by atoms with E-state index >= 15 is 0 Å². The van der Waals surface area contributed by atoms with E-state index in [-0.39, 0.29) is 12.5 Å². The van der Waals surface area contributed by atoms with Crippen molar-refractivity contribution in [3.63, 3.8) is 0 Å². The molecule has 2 rings (SSSR count). The van der Waals surface area contributed by atoms with Gasteiger partial charge in [0.25, 0.3) is 5.91 Å². The number of carbonyl (C=O) groups excluding carboxylic acids is 1. The smallest absolute Gasteiger partial charge is 0.262 e. The highest BCUT2D eigenvalue weighted by molar-refractivity contribution is 9.10. The van der Waals surface area contributed by atoms with Crippen LogP contribution in [0.15, 0.2) is 46.9 Å². The minimum atomic E-state index is -0.221. The molecule has 0 saturated heterocycles. The zero-order chi connectivity index (χ0) is 16.7. The third-order valence-corrected chi connectivity index (χ3v) is 3.88. The van der Waals surface area contributed by atoms with Gasteiger partial charge in [0, 0.05) is 4.47 Å². The zero-order valence-corrected chi connectivity index (χ0v) is 14.9. The fourth-order valence-corrected chi connectivity index (χ4v) is 2.58. The largest absolute Gasteiger partial charge is 0.490 e. The van der Waals surface area contributed by atoms with Gasteiger partial charge in [0.15, 0.2) is 18.1 Å². The number of benzene rings is 2. The van der Waals surface area contributed by atoms with Crippen molar-refractivity contribution in [3.05, 3.63) is 52.5 Å². The molecule has 122 valence electrons. The highest BCUT2D eigenvalue weighted by Gasteiger charge is 2.09. The summed E-state index contributed by atoms with van der Waals surface area (Å²) in [5.74, 6) is 0.974. The minimum Gasteiger partial charge on any atom is -0.490 e. The molecular weight excluding hydrogens is 358 g/mol. The van der Waals surface area contributed by atoms with Crippen molar-refractivity contribution < 1.29 is 14.3 Å². The van der Waals surface area contributed by atoms with Crippen LogP contribution in [0, 0.1) is 0 Å². The summed E-state index contributed by atoms with van der Waals surface area (Å²) < 4.78 is 11.9. The van der Waals surface area contributed by atoms with E-state index in [0.717, 1.165) is 16.6 Å². The summed E-state index contributed by atoms with van der Waals surface area (Å²) in [5.41, 5.74) is 1.94. The van der Waals surface area contributed by atoms with Gasteiger partial charge in [-0.1, -0.05) is 25.1 Å². The molecule has 0 aliphatic rings. The Labute approximate surface area is 144 Å². The minimum absolute atomic E-state index is 0.0773. The van der Waals surface area contributed by atoms with E-state index in [1.807, 2.05) is 43.3 Å². The van der Waals surface area contributed by atoms with Crippen molar-refractivity contribution in [2.24, 2.45) is 0 Å². The van der Waals surface area contributed by atoms with Crippen molar-refractivity contribution in [1.82, 2.24) is 0 Å². The maximum atomic E-state index is 12.1. The van der Waals surface area contributed by atoms with Gasteiger partial charge in [0.05, 0.1) is 12.3 Å². The summed E-state index contributed by atoms with van der Waals surface area (Å²) >= 11 is 3.47. The van der Waals surface area contributed by atoms with E-state index in [0.29, 0.717) is 18.1 Å². The van der Waals surface area contributed by atoms with Gasteiger partial charge >= 0.3 is 0 Å². The van der Waals surface area contributed by atoms with Gasteiger partial charge in [-0.05, 0) is 59.1 Å². The van der Waals surface area contributed by atoms with Gasteiger partial charge in [-0.15, -0.1) is 0 Å². The first-order valence-electron chi connectivity index (χ1n) is 7.57. The van der Waals surface area contributed by atoms with Crippen LogP contribution in [-0.4, -0.2) is 19.1 Å². The lowest BCUT2D eigenvalue weighted by Crippen LogP contribution is -2.20. The lowest BCUT2D eigenvalue weighted by Gasteiger charge is -2.12. The normalized spacial score (nSPS) is 10.2. The molecule has 0 bridgehead atoms. The molecule has 0 heterocycles. The van der Waals surface area contributed by atoms with Crippen LogP contribution in [0.25, 0.3) is 0 Å². The number of nitrogens with one attached hydrogen (secondary N) is 1. The number of para-hydroxylation sites is 2. The number of aryl methyl sites for hydroxylation is 1. The number of hydrogen-bond acceptors (Lipinski definition) is 3. The van der Waals surface area contributed by atoms with Crippen LogP contribution < -0.4 is 14.8 Å². The van der Waals surface area contributed by atoms with Gasteiger partial charge in [0.1, 0.15) is 0 Å². The molecular formula is C18H20BrNO3. The van der Waals surface area contributed by atoms with Crippen LogP contribution >= 0.6 is 15.9 Å². The molecule has 2 aromatic carbocycles. The molecule has 0 aliphatic carbocycles. The summed E-state index contributed by atoms with van der Waals surface area (Å²) in [5, 5.41) is 2.83. The van der Waals surface area contributed by atoms with Crippen molar-refractivity contribution in [2.45, 2.75) is 20.3 Å². The fraction of sp³-hybridized carbons (Fsp3) is 0.278. The van der Waals surface area contributed by atoms with Crippen molar-refractivity contribution in [1.29, 1.82) is 0 Å². The summed E-state index contributed by atoms with van der Waals surface area (Å²) in [6.07, 6.45) is 0.949. The molecule has 0 aliphatic heterocycles. The fourth-order valence-electron chi connectivity index (χ4n) is 2.05. The van der Waals surface area contributed by atoms with Gasteiger partial charge in [-0.2, -0.15) is 0 Å². The monoisotopic (exact) mass is 377 g/mol. The maximum Gasteiger partial charge on any atom is 0.262 e. The number of amides is 1. The van der Waals surface area contributed by atoms with E-state index in [4.69, 9.17) is 9.47 Å². The first kappa shape index (κ1) is 17.3. The molecule has 0 atom stereocenters. The second kappa shape index (κ2) is 8.58. The highest BCUT2D eigenvalue weighted by atomic mass is 79.9. The summed E-state index contributed by atoms with van der Waals surface area (Å²) in [6, 6.07) is 13.2. The molecule has 0 saturated carbocycles. The first-order chi connectivity index (χ1) is 11.1. The molecule has 4 nitrogen and oxygen atoms in total. The maximum absolute atomic E-state index is 12.1. The Morgan fingerprint density at radius 2 is 1.78 bits per heavy atom. The van der Waals surface area contributed by atoms with Gasteiger partial charge in [0.2, 0.25) is 0 Å². The van der Waals surface area contributed by atoms with Crippen LogP contribution in [0.3, 0.4) is 0 Å². The Morgan fingerprint density at radius 3 is 2.39 bits per heavy atom. The number of halogens is 1. The van der Waals surface area contributed by atoms with Gasteiger partial charge in [-0.3, -0.25) is 4.79 Å². The molecule has 0 aromatic heterocycles. The SMILES string of the molecule is CCOc1ccccc1OCC(=O)Nc1ccc(CC)cc1Br. The van der Waals surface area contributed by atoms with E-state index in [1.54, 1.807) is 6.07 Å². The van der Waals surface area contributed by atoms with E-state index < -0.39 is 0 Å². The summed E-state index contributed by atoms with van der Waals surface area (Å²) in [4.78, 5) is 12.1. The molecule has 2 aromatic rings. The topological polar surface area (TPSA) is 47.6 Å². The van der Waals surface area contributed by atoms with Crippen molar-refractivity contribution in [2.75, 3.05) is 18.5 Å². The molecule has 23 heavy (non-hydrogen) atoms. The Morgan fingerprint density at radius 1 is 1.09 bits per heavy atom. The Hall–Kier alpha value is -2.01. The molecule has 5 heteroatoms. The second-order valence-electron chi connectivity index (χ2n) is 4.88. The Kier molecular flexibility index (Phi) is 6.47. The number of ether oxygens (including phenoxy) is 2. The van der Waals surface area contributed by atoms with Crippen LogP contribution in [-0.2, 0) is 11.2 Å². The molecule has 0 radical (unpaired) electrons. The number of carbonyl (C=O) groups is 1. The van der Waals surface area contributed by atoms with Crippen LogP contribution in [0.5, 0.6) is 11.5 Å². The highest BCUT2D eigenvalue weighted by Crippen LogP contribution is 2.27. The number of anilines is 1. The zero-order valence-electron chi connectivity index (χ0n) is 13.3. The quantitative estimate of drug-likeness (QED) is 0.776. The predicted molar refractivity (Wildman–Crippen MR) is 95.3 cm³/mol. The predicted octanol–water partition coefficient (Wildman–Crippen LogP) is 4.43. The summed E-state index contributed by atoms with van der Waals surface area (Å²) in [6.45, 7) is 4.46. The first-order valence-corrected chi connectivity index (χ1v) is 8.36. The van der Waals surface area contributed by atoms with E-state index in [1.165, 1.54) is 5.56 Å². The number of hydrogen-bond donors (Lipinski definition) is 1. The van der Waals surface area contributed by atoms with Crippen LogP contribution in [0.2, 0.25) is 0 Å². The van der Waals surface area contributed by atoms with Gasteiger partial charge in [-0.25, -0.2) is 0 Å². The third kappa shape index (κ3) is 4.99. The van der Waals surface area contributed by atoms with Crippen LogP contribution in [0.4, 0.5) is 5.69 Å². The number of rotatable bonds is 7. The van der Waals surface area contributed by atoms with Gasteiger partial charge < -0.3 is 14.8 Å². The van der Waals surface area contributed by atoms with Crippen LogP contribution in [0.1, 0.15) is 19.4 Å². The Bertz CT molecular complexity index is 673. The average Bonchev–Trinajstić information content (AvgIpc) is 2.56. The third-order valence-electron chi connectivity index (χ3n) is 3.22. The second-order valence-corrected chi connectivity index (χ2v) is 5.74. The lowest BCUT2D eigenvalue weighted by molar-refractivity contribution is -0.118. The molecule has 0 unspecified atom stereocenters. The Balaban J connectivity index is 1.95.